The smallest absolute Gasteiger partial charge is 0.330 e. The lowest BCUT2D eigenvalue weighted by Crippen LogP contribution is -2.58. The number of fused-ring (bicyclic) bond motifs is 2. The van der Waals surface area contributed by atoms with E-state index in [0.717, 1.165) is 38.0 Å². The van der Waals surface area contributed by atoms with Crippen LogP contribution in [-0.2, 0) is 9.53 Å². The summed E-state index contributed by atoms with van der Waals surface area (Å²) in [5, 5.41) is 11.2. The van der Waals surface area contributed by atoms with Gasteiger partial charge in [-0.15, -0.1) is 0 Å². The summed E-state index contributed by atoms with van der Waals surface area (Å²) in [6.45, 7) is 3.46. The van der Waals surface area contributed by atoms with Crippen LogP contribution in [0.2, 0.25) is 0 Å². The monoisotopic (exact) mass is 278 g/mol. The highest BCUT2D eigenvalue weighted by Crippen LogP contribution is 2.52. The zero-order valence-electron chi connectivity index (χ0n) is 12.2. The van der Waals surface area contributed by atoms with E-state index in [9.17, 15) is 9.90 Å². The fraction of sp³-hybridized carbons (Fsp3) is 0.824. The van der Waals surface area contributed by atoms with Crippen LogP contribution >= 0.6 is 0 Å². The van der Waals surface area contributed by atoms with E-state index in [4.69, 9.17) is 4.74 Å². The van der Waals surface area contributed by atoms with Gasteiger partial charge in [0.05, 0.1) is 0 Å². The van der Waals surface area contributed by atoms with Crippen LogP contribution in [0.1, 0.15) is 57.8 Å². The molecule has 3 heteroatoms. The van der Waals surface area contributed by atoms with E-state index < -0.39 is 11.6 Å². The first-order valence-corrected chi connectivity index (χ1v) is 8.19. The number of hydrogen-bond donors (Lipinski definition) is 1. The van der Waals surface area contributed by atoms with E-state index in [1.165, 1.54) is 31.8 Å². The van der Waals surface area contributed by atoms with Gasteiger partial charge in [-0.25, -0.2) is 4.79 Å². The van der Waals surface area contributed by atoms with Crippen molar-refractivity contribution in [1.29, 1.82) is 0 Å². The van der Waals surface area contributed by atoms with Crippen molar-refractivity contribution in [3.8, 4) is 0 Å². The Balaban J connectivity index is 1.77. The fourth-order valence-corrected chi connectivity index (χ4v) is 4.93. The van der Waals surface area contributed by atoms with Gasteiger partial charge in [0.2, 0.25) is 0 Å². The van der Waals surface area contributed by atoms with Crippen molar-refractivity contribution in [2.75, 3.05) is 0 Å². The molecule has 0 radical (unpaired) electrons. The van der Waals surface area contributed by atoms with Crippen molar-refractivity contribution < 1.29 is 14.6 Å². The molecule has 0 aromatic heterocycles. The topological polar surface area (TPSA) is 46.5 Å². The van der Waals surface area contributed by atoms with Crippen molar-refractivity contribution in [3.63, 3.8) is 0 Å². The van der Waals surface area contributed by atoms with Crippen molar-refractivity contribution in [2.45, 2.75) is 69.5 Å². The third-order valence-electron chi connectivity index (χ3n) is 5.95. The van der Waals surface area contributed by atoms with Gasteiger partial charge in [0, 0.05) is 6.08 Å². The van der Waals surface area contributed by atoms with E-state index in [0.29, 0.717) is 11.8 Å². The molecule has 3 rings (SSSR count). The highest BCUT2D eigenvalue weighted by atomic mass is 16.6. The number of rotatable bonds is 2. The van der Waals surface area contributed by atoms with Gasteiger partial charge >= 0.3 is 5.97 Å². The number of carbonyl (C=O) groups excluding carboxylic acids is 1. The second-order valence-electron chi connectivity index (χ2n) is 6.99. The highest BCUT2D eigenvalue weighted by Gasteiger charge is 2.54. The molecule has 0 aromatic rings. The maximum atomic E-state index is 11.5. The summed E-state index contributed by atoms with van der Waals surface area (Å²) in [5.41, 5.74) is -0.782. The molecule has 3 fully saturated rings. The molecule has 3 nitrogen and oxygen atoms in total. The van der Waals surface area contributed by atoms with Crippen molar-refractivity contribution in [3.05, 3.63) is 12.7 Å². The molecule has 0 saturated heterocycles. The lowest BCUT2D eigenvalue weighted by Gasteiger charge is -2.53. The molecule has 3 aliphatic carbocycles. The molecule has 0 spiro atoms. The molecule has 5 atom stereocenters. The first kappa shape index (κ1) is 14.1. The lowest BCUT2D eigenvalue weighted by molar-refractivity contribution is -0.198. The minimum atomic E-state index is -0.782. The van der Waals surface area contributed by atoms with Crippen LogP contribution in [0, 0.1) is 17.8 Å². The van der Waals surface area contributed by atoms with Crippen molar-refractivity contribution >= 4 is 5.97 Å². The Morgan fingerprint density at radius 1 is 1.15 bits per heavy atom. The summed E-state index contributed by atoms with van der Waals surface area (Å²) in [5.74, 6) is 1.35. The molecule has 0 aliphatic heterocycles. The minimum Gasteiger partial charge on any atom is -0.456 e. The SMILES string of the molecule is C=CC(=O)OC1CCCC2CC3CCCCC3CC21O. The van der Waals surface area contributed by atoms with Crippen LogP contribution in [0.5, 0.6) is 0 Å². The predicted octanol–water partition coefficient (Wildman–Crippen LogP) is 3.22. The van der Waals surface area contributed by atoms with Gasteiger partial charge in [-0.3, -0.25) is 0 Å². The minimum absolute atomic E-state index is 0.318. The second kappa shape index (κ2) is 5.51. The third kappa shape index (κ3) is 2.41. The van der Waals surface area contributed by atoms with Crippen LogP contribution in [-0.4, -0.2) is 22.8 Å². The van der Waals surface area contributed by atoms with E-state index in [1.54, 1.807) is 0 Å². The predicted molar refractivity (Wildman–Crippen MR) is 77.0 cm³/mol. The summed E-state index contributed by atoms with van der Waals surface area (Å²) in [7, 11) is 0. The average molecular weight is 278 g/mol. The van der Waals surface area contributed by atoms with Crippen LogP contribution < -0.4 is 0 Å². The van der Waals surface area contributed by atoms with Gasteiger partial charge in [-0.2, -0.15) is 0 Å². The molecular weight excluding hydrogens is 252 g/mol. The number of esters is 1. The number of ether oxygens (including phenoxy) is 1. The fourth-order valence-electron chi connectivity index (χ4n) is 4.93. The molecule has 112 valence electrons. The summed E-state index contributed by atoms with van der Waals surface area (Å²) < 4.78 is 5.49. The van der Waals surface area contributed by atoms with Gasteiger partial charge in [-0.1, -0.05) is 32.3 Å². The Bertz CT molecular complexity index is 392. The molecule has 0 amide bonds. The van der Waals surface area contributed by atoms with E-state index >= 15 is 0 Å². The maximum absolute atomic E-state index is 11.5. The van der Waals surface area contributed by atoms with Crippen LogP contribution in [0.15, 0.2) is 12.7 Å². The molecule has 3 aliphatic rings. The maximum Gasteiger partial charge on any atom is 0.330 e. The zero-order valence-corrected chi connectivity index (χ0v) is 12.2. The number of aliphatic hydroxyl groups is 1. The van der Waals surface area contributed by atoms with Crippen molar-refractivity contribution in [1.82, 2.24) is 0 Å². The van der Waals surface area contributed by atoms with Gasteiger partial charge in [0.1, 0.15) is 11.7 Å². The van der Waals surface area contributed by atoms with Gasteiger partial charge in [0.15, 0.2) is 0 Å². The number of carbonyl (C=O) groups is 1. The molecule has 0 aromatic carbocycles. The summed E-state index contributed by atoms with van der Waals surface area (Å²) in [6, 6.07) is 0. The third-order valence-corrected chi connectivity index (χ3v) is 5.95. The number of hydrogen-bond acceptors (Lipinski definition) is 3. The van der Waals surface area contributed by atoms with Crippen LogP contribution in [0.25, 0.3) is 0 Å². The van der Waals surface area contributed by atoms with Crippen molar-refractivity contribution in [2.24, 2.45) is 17.8 Å². The molecule has 20 heavy (non-hydrogen) atoms. The summed E-state index contributed by atoms with van der Waals surface area (Å²) >= 11 is 0. The second-order valence-corrected chi connectivity index (χ2v) is 6.99. The van der Waals surface area contributed by atoms with E-state index in [2.05, 4.69) is 6.58 Å². The molecule has 5 unspecified atom stereocenters. The van der Waals surface area contributed by atoms with Gasteiger partial charge < -0.3 is 9.84 Å². The highest BCUT2D eigenvalue weighted by molar-refractivity contribution is 5.81. The Labute approximate surface area is 121 Å². The largest absolute Gasteiger partial charge is 0.456 e. The normalized spacial score (nSPS) is 44.0. The van der Waals surface area contributed by atoms with Gasteiger partial charge in [0.25, 0.3) is 0 Å². The molecule has 1 N–H and O–H groups in total. The van der Waals surface area contributed by atoms with E-state index in [-0.39, 0.29) is 6.10 Å². The first-order chi connectivity index (χ1) is 9.63. The summed E-state index contributed by atoms with van der Waals surface area (Å²) in [6.07, 6.45) is 11.0. The lowest BCUT2D eigenvalue weighted by atomic mass is 9.57. The first-order valence-electron chi connectivity index (χ1n) is 8.19. The van der Waals surface area contributed by atoms with Crippen LogP contribution in [0.4, 0.5) is 0 Å². The van der Waals surface area contributed by atoms with Crippen LogP contribution in [0.3, 0.4) is 0 Å². The zero-order chi connectivity index (χ0) is 14.2. The quantitative estimate of drug-likeness (QED) is 0.623. The Morgan fingerprint density at radius 2 is 1.90 bits per heavy atom. The molecule has 0 bridgehead atoms. The Kier molecular flexibility index (Phi) is 3.89. The Morgan fingerprint density at radius 3 is 2.65 bits per heavy atom. The molecular formula is C17H26O3. The Hall–Kier alpha value is -0.830. The average Bonchev–Trinajstić information content (AvgIpc) is 2.45. The summed E-state index contributed by atoms with van der Waals surface area (Å²) in [4.78, 5) is 11.5. The standard InChI is InChI=1S/C17H26O3/c1-2-16(18)20-15-9-5-8-14-10-12-6-3-4-7-13(12)11-17(14,15)19/h2,12-15,19H,1,3-11H2. The van der Waals surface area contributed by atoms with E-state index in [1.807, 2.05) is 0 Å². The molecule has 0 heterocycles. The van der Waals surface area contributed by atoms with Gasteiger partial charge in [-0.05, 0) is 49.9 Å². The molecule has 3 saturated carbocycles.